The number of aryl methyl sites for hydroxylation is 2. The van der Waals surface area contributed by atoms with Crippen molar-refractivity contribution in [3.63, 3.8) is 0 Å². The zero-order chi connectivity index (χ0) is 23.3. The zero-order valence-electron chi connectivity index (χ0n) is 17.9. The number of amides is 1. The summed E-state index contributed by atoms with van der Waals surface area (Å²) in [6.07, 6.45) is -3.78. The summed E-state index contributed by atoms with van der Waals surface area (Å²) in [5.41, 5.74) is 1.71. The van der Waals surface area contributed by atoms with Crippen LogP contribution in [0.4, 0.5) is 13.2 Å². The van der Waals surface area contributed by atoms with Crippen molar-refractivity contribution >= 4 is 15.9 Å². The molecule has 5 nitrogen and oxygen atoms in total. The van der Waals surface area contributed by atoms with Gasteiger partial charge in [0, 0.05) is 32.1 Å². The average Bonchev–Trinajstić information content (AvgIpc) is 3.53. The Balaban J connectivity index is 1.36. The van der Waals surface area contributed by atoms with Gasteiger partial charge in [0.15, 0.2) is 0 Å². The van der Waals surface area contributed by atoms with Crippen molar-refractivity contribution in [3.05, 3.63) is 64.7 Å². The molecular formula is C23H25F3N2O3S. The third kappa shape index (κ3) is 4.41. The zero-order valence-corrected chi connectivity index (χ0v) is 18.7. The molecule has 9 heteroatoms. The number of piperazine rings is 1. The van der Waals surface area contributed by atoms with Crippen molar-refractivity contribution in [2.45, 2.75) is 37.3 Å². The fourth-order valence-corrected chi connectivity index (χ4v) is 5.99. The minimum absolute atomic E-state index is 0.0570. The first-order chi connectivity index (χ1) is 15.0. The van der Waals surface area contributed by atoms with Crippen molar-refractivity contribution < 1.29 is 26.4 Å². The standard InChI is InChI=1S/C23H25F3N2O3S/c1-15-3-8-21(16(2)13-15)32(30,31)28-11-9-27(10-12-28)22(29)20-14-19(20)17-4-6-18(7-5-17)23(24,25)26/h3-8,13,19-20H,9-12,14H2,1-2H3. The number of rotatable bonds is 4. The minimum Gasteiger partial charge on any atom is -0.340 e. The van der Waals surface area contributed by atoms with Crippen molar-refractivity contribution in [2.75, 3.05) is 26.2 Å². The Bertz CT molecular complexity index is 1120. The summed E-state index contributed by atoms with van der Waals surface area (Å²) in [4.78, 5) is 14.8. The molecule has 1 amide bonds. The van der Waals surface area contributed by atoms with Gasteiger partial charge in [0.05, 0.1) is 10.5 Å². The van der Waals surface area contributed by atoms with E-state index in [0.29, 0.717) is 25.1 Å². The highest BCUT2D eigenvalue weighted by Gasteiger charge is 2.46. The van der Waals surface area contributed by atoms with Gasteiger partial charge in [0.1, 0.15) is 0 Å². The summed E-state index contributed by atoms with van der Waals surface area (Å²) in [5, 5.41) is 0. The van der Waals surface area contributed by atoms with Crippen LogP contribution in [0.5, 0.6) is 0 Å². The lowest BCUT2D eigenvalue weighted by molar-refractivity contribution is -0.137. The van der Waals surface area contributed by atoms with E-state index in [1.807, 2.05) is 13.0 Å². The van der Waals surface area contributed by atoms with Crippen molar-refractivity contribution in [3.8, 4) is 0 Å². The Morgan fingerprint density at radius 1 is 0.969 bits per heavy atom. The number of alkyl halides is 3. The monoisotopic (exact) mass is 466 g/mol. The highest BCUT2D eigenvalue weighted by atomic mass is 32.2. The third-order valence-electron chi connectivity index (χ3n) is 6.27. The van der Waals surface area contributed by atoms with Gasteiger partial charge in [-0.1, -0.05) is 29.8 Å². The molecule has 4 rings (SSSR count). The predicted octanol–water partition coefficient (Wildman–Crippen LogP) is 3.96. The van der Waals surface area contributed by atoms with Crippen LogP contribution in [0.15, 0.2) is 47.4 Å². The fourth-order valence-electron chi connectivity index (χ4n) is 4.37. The molecule has 32 heavy (non-hydrogen) atoms. The maximum Gasteiger partial charge on any atom is 0.416 e. The Labute approximate surface area is 185 Å². The van der Waals surface area contributed by atoms with Crippen LogP contribution in [0.2, 0.25) is 0 Å². The molecule has 0 aromatic heterocycles. The molecule has 0 N–H and O–H groups in total. The molecule has 1 heterocycles. The normalized spacial score (nSPS) is 22.1. The lowest BCUT2D eigenvalue weighted by Gasteiger charge is -2.34. The first-order valence-electron chi connectivity index (χ1n) is 10.5. The molecule has 0 radical (unpaired) electrons. The summed E-state index contributed by atoms with van der Waals surface area (Å²) >= 11 is 0. The molecule has 1 saturated carbocycles. The van der Waals surface area contributed by atoms with E-state index in [4.69, 9.17) is 0 Å². The van der Waals surface area contributed by atoms with E-state index >= 15 is 0 Å². The third-order valence-corrected chi connectivity index (χ3v) is 8.33. The first kappa shape index (κ1) is 22.8. The second-order valence-corrected chi connectivity index (χ2v) is 10.5. The number of hydrogen-bond donors (Lipinski definition) is 0. The summed E-state index contributed by atoms with van der Waals surface area (Å²) < 4.78 is 65.7. The van der Waals surface area contributed by atoms with Gasteiger partial charge in [0.25, 0.3) is 0 Å². The molecule has 1 aliphatic carbocycles. The number of nitrogens with zero attached hydrogens (tertiary/aromatic N) is 2. The van der Waals surface area contributed by atoms with Crippen LogP contribution < -0.4 is 0 Å². The van der Waals surface area contributed by atoms with E-state index in [1.54, 1.807) is 24.0 Å². The Kier molecular flexibility index (Phi) is 5.83. The van der Waals surface area contributed by atoms with E-state index in [2.05, 4.69) is 0 Å². The van der Waals surface area contributed by atoms with Gasteiger partial charge in [-0.25, -0.2) is 8.42 Å². The first-order valence-corrected chi connectivity index (χ1v) is 12.0. The number of carbonyl (C=O) groups is 1. The molecule has 2 aliphatic rings. The second kappa shape index (κ2) is 8.19. The van der Waals surface area contributed by atoms with Gasteiger partial charge in [-0.05, 0) is 55.5 Å². The SMILES string of the molecule is Cc1ccc(S(=O)(=O)N2CCN(C(=O)C3CC3c3ccc(C(F)(F)F)cc3)CC2)c(C)c1. The van der Waals surface area contributed by atoms with E-state index in [1.165, 1.54) is 16.4 Å². The van der Waals surface area contributed by atoms with Crippen molar-refractivity contribution in [2.24, 2.45) is 5.92 Å². The Hall–Kier alpha value is -2.39. The number of hydrogen-bond acceptors (Lipinski definition) is 3. The fraction of sp³-hybridized carbons (Fsp3) is 0.435. The van der Waals surface area contributed by atoms with Gasteiger partial charge in [-0.15, -0.1) is 0 Å². The van der Waals surface area contributed by atoms with Crippen LogP contribution in [0.1, 0.15) is 34.6 Å². The second-order valence-electron chi connectivity index (χ2n) is 8.57. The molecule has 1 saturated heterocycles. The summed E-state index contributed by atoms with van der Waals surface area (Å²) in [5.74, 6) is -0.394. The quantitative estimate of drug-likeness (QED) is 0.686. The van der Waals surface area contributed by atoms with Gasteiger partial charge in [-0.3, -0.25) is 4.79 Å². The van der Waals surface area contributed by atoms with Crippen molar-refractivity contribution in [1.29, 1.82) is 0 Å². The van der Waals surface area contributed by atoms with Crippen LogP contribution in [0.25, 0.3) is 0 Å². The summed E-state index contributed by atoms with van der Waals surface area (Å²) in [6, 6.07) is 10.2. The smallest absolute Gasteiger partial charge is 0.340 e. The average molecular weight is 467 g/mol. The molecular weight excluding hydrogens is 441 g/mol. The molecule has 2 aromatic carbocycles. The van der Waals surface area contributed by atoms with Crippen LogP contribution in [-0.4, -0.2) is 49.7 Å². The van der Waals surface area contributed by atoms with Crippen LogP contribution >= 0.6 is 0 Å². The van der Waals surface area contributed by atoms with Gasteiger partial charge in [0.2, 0.25) is 15.9 Å². The number of halogens is 3. The molecule has 172 valence electrons. The number of sulfonamides is 1. The Morgan fingerprint density at radius 3 is 2.16 bits per heavy atom. The van der Waals surface area contributed by atoms with E-state index in [-0.39, 0.29) is 35.7 Å². The van der Waals surface area contributed by atoms with E-state index < -0.39 is 21.8 Å². The van der Waals surface area contributed by atoms with E-state index in [0.717, 1.165) is 23.3 Å². The van der Waals surface area contributed by atoms with Gasteiger partial charge in [-0.2, -0.15) is 17.5 Å². The molecule has 0 bridgehead atoms. The highest BCUT2D eigenvalue weighted by Crippen LogP contribution is 2.49. The molecule has 2 unspecified atom stereocenters. The summed E-state index contributed by atoms with van der Waals surface area (Å²) in [7, 11) is -3.63. The molecule has 1 aliphatic heterocycles. The van der Waals surface area contributed by atoms with Crippen LogP contribution in [0.3, 0.4) is 0 Å². The van der Waals surface area contributed by atoms with E-state index in [9.17, 15) is 26.4 Å². The van der Waals surface area contributed by atoms with Gasteiger partial charge >= 0.3 is 6.18 Å². The highest BCUT2D eigenvalue weighted by molar-refractivity contribution is 7.89. The predicted molar refractivity (Wildman–Crippen MR) is 114 cm³/mol. The summed E-state index contributed by atoms with van der Waals surface area (Å²) in [6.45, 7) is 4.73. The molecule has 2 fully saturated rings. The lowest BCUT2D eigenvalue weighted by Crippen LogP contribution is -2.51. The largest absolute Gasteiger partial charge is 0.416 e. The van der Waals surface area contributed by atoms with Crippen molar-refractivity contribution in [1.82, 2.24) is 9.21 Å². The van der Waals surface area contributed by atoms with Crippen LogP contribution in [0, 0.1) is 19.8 Å². The molecule has 2 atom stereocenters. The maximum absolute atomic E-state index is 13.0. The topological polar surface area (TPSA) is 57.7 Å². The molecule has 2 aromatic rings. The maximum atomic E-state index is 13.0. The van der Waals surface area contributed by atoms with Gasteiger partial charge < -0.3 is 4.90 Å². The number of benzene rings is 2. The number of carbonyl (C=O) groups excluding carboxylic acids is 1. The van der Waals surface area contributed by atoms with Crippen LogP contribution in [-0.2, 0) is 21.0 Å². The molecule has 0 spiro atoms. The lowest BCUT2D eigenvalue weighted by atomic mass is 10.1. The minimum atomic E-state index is -4.38. The Morgan fingerprint density at radius 2 is 1.59 bits per heavy atom.